The van der Waals surface area contributed by atoms with Gasteiger partial charge in [0.05, 0.1) is 0 Å². The van der Waals surface area contributed by atoms with Crippen molar-refractivity contribution in [2.45, 2.75) is 51.1 Å². The minimum absolute atomic E-state index is 0.0451. The molecule has 2 amide bonds. The van der Waals surface area contributed by atoms with E-state index in [2.05, 4.69) is 23.6 Å². The van der Waals surface area contributed by atoms with Gasteiger partial charge in [-0.3, -0.25) is 14.5 Å². The fraction of sp³-hybridized carbons (Fsp3) is 0.500. The highest BCUT2D eigenvalue weighted by atomic mass is 16.2. The number of nitrogens with one attached hydrogen (secondary N) is 2. The van der Waals surface area contributed by atoms with Crippen molar-refractivity contribution in [3.05, 3.63) is 49.8 Å². The second-order valence-electron chi connectivity index (χ2n) is 8.55. The van der Waals surface area contributed by atoms with E-state index in [-0.39, 0.29) is 22.9 Å². The number of carbonyl (C=O) groups is 1. The number of fused-ring (bicyclic) bond motifs is 1. The first kappa shape index (κ1) is 18.2. The van der Waals surface area contributed by atoms with Crippen molar-refractivity contribution in [2.75, 3.05) is 34.8 Å². The number of rotatable bonds is 4. The number of hydrogen-bond acceptors (Lipinski definition) is 5. The molecule has 1 saturated carbocycles. The molecule has 29 heavy (non-hydrogen) atoms. The van der Waals surface area contributed by atoms with Crippen LogP contribution in [0.15, 0.2) is 27.8 Å². The molecule has 7 heteroatoms. The fourth-order valence-corrected chi connectivity index (χ4v) is 4.49. The monoisotopic (exact) mass is 394 g/mol. The van der Waals surface area contributed by atoms with E-state index in [0.717, 1.165) is 37.8 Å². The van der Waals surface area contributed by atoms with Gasteiger partial charge in [0.25, 0.3) is 10.9 Å². The van der Waals surface area contributed by atoms with Crippen LogP contribution < -0.4 is 31.3 Å². The first-order valence-electron chi connectivity index (χ1n) is 10.5. The second kappa shape index (κ2) is 6.90. The maximum absolute atomic E-state index is 12.8. The summed E-state index contributed by atoms with van der Waals surface area (Å²) in [6.07, 6.45) is 4.55. The predicted molar refractivity (Wildman–Crippen MR) is 114 cm³/mol. The second-order valence-corrected chi connectivity index (χ2v) is 8.55. The van der Waals surface area contributed by atoms with Crippen LogP contribution in [0.2, 0.25) is 0 Å². The zero-order valence-electron chi connectivity index (χ0n) is 16.7. The fourth-order valence-electron chi connectivity index (χ4n) is 4.49. The molecular formula is C22H26N4O3. The minimum Gasteiger partial charge on any atom is -0.377 e. The van der Waals surface area contributed by atoms with E-state index in [1.54, 1.807) is 0 Å². The number of carbonyl (C=O) groups excluding carboxylic acids is 1. The van der Waals surface area contributed by atoms with Gasteiger partial charge in [0.1, 0.15) is 11.4 Å². The Hall–Kier alpha value is -2.83. The van der Waals surface area contributed by atoms with Crippen molar-refractivity contribution in [3.8, 4) is 0 Å². The van der Waals surface area contributed by atoms with Gasteiger partial charge in [0, 0.05) is 37.4 Å². The van der Waals surface area contributed by atoms with E-state index in [0.29, 0.717) is 37.1 Å². The predicted octanol–water partition coefficient (Wildman–Crippen LogP) is 1.91. The summed E-state index contributed by atoms with van der Waals surface area (Å²) in [5.41, 5.74) is 3.74. The van der Waals surface area contributed by atoms with Crippen LogP contribution in [-0.2, 0) is 6.42 Å². The highest BCUT2D eigenvalue weighted by Crippen LogP contribution is 2.31. The Balaban J connectivity index is 1.19. The van der Waals surface area contributed by atoms with E-state index >= 15 is 0 Å². The molecule has 2 fully saturated rings. The third-order valence-corrected chi connectivity index (χ3v) is 6.33. The molecule has 0 radical (unpaired) electrons. The van der Waals surface area contributed by atoms with Crippen molar-refractivity contribution in [1.82, 2.24) is 5.32 Å². The summed E-state index contributed by atoms with van der Waals surface area (Å²) >= 11 is 0. The maximum atomic E-state index is 12.8. The van der Waals surface area contributed by atoms with Crippen molar-refractivity contribution in [2.24, 2.45) is 0 Å². The maximum Gasteiger partial charge on any atom is 0.322 e. The molecule has 2 heterocycles. The summed E-state index contributed by atoms with van der Waals surface area (Å²) in [7, 11) is 0. The average molecular weight is 394 g/mol. The lowest BCUT2D eigenvalue weighted by atomic mass is 10.0. The zero-order chi connectivity index (χ0) is 20.1. The van der Waals surface area contributed by atoms with Crippen molar-refractivity contribution < 1.29 is 4.79 Å². The van der Waals surface area contributed by atoms with E-state index in [1.165, 1.54) is 11.1 Å². The van der Waals surface area contributed by atoms with Crippen LogP contribution in [0.25, 0.3) is 0 Å². The number of aryl methyl sites for hydroxylation is 1. The Morgan fingerprint density at radius 3 is 2.48 bits per heavy atom. The molecule has 2 aromatic rings. The number of benzene rings is 1. The Bertz CT molecular complexity index is 1030. The number of nitrogens with zero attached hydrogens (tertiary/aromatic N) is 2. The van der Waals surface area contributed by atoms with Crippen molar-refractivity contribution in [1.29, 1.82) is 0 Å². The van der Waals surface area contributed by atoms with Crippen molar-refractivity contribution in [3.63, 3.8) is 0 Å². The lowest BCUT2D eigenvalue weighted by Crippen LogP contribution is -2.51. The molecular weight excluding hydrogens is 368 g/mol. The molecule has 152 valence electrons. The van der Waals surface area contributed by atoms with Gasteiger partial charge in [-0.1, -0.05) is 17.7 Å². The van der Waals surface area contributed by atoms with Gasteiger partial charge in [-0.15, -0.1) is 0 Å². The van der Waals surface area contributed by atoms with E-state index in [1.807, 2.05) is 21.9 Å². The molecule has 2 N–H and O–H groups in total. The van der Waals surface area contributed by atoms with Gasteiger partial charge < -0.3 is 15.5 Å². The van der Waals surface area contributed by atoms with Gasteiger partial charge in [-0.25, -0.2) is 4.79 Å². The first-order chi connectivity index (χ1) is 14.0. The number of urea groups is 1. The SMILES string of the molecule is Cc1ccc2c(c1)CCN2C(=O)NC1CCN(c2c(NC3CC3)c(=O)c2=O)CC1. The topological polar surface area (TPSA) is 81.8 Å². The summed E-state index contributed by atoms with van der Waals surface area (Å²) in [4.78, 5) is 40.6. The zero-order valence-corrected chi connectivity index (χ0v) is 16.7. The third kappa shape index (κ3) is 3.28. The Morgan fingerprint density at radius 2 is 1.76 bits per heavy atom. The van der Waals surface area contributed by atoms with E-state index in [9.17, 15) is 14.4 Å². The largest absolute Gasteiger partial charge is 0.377 e. The van der Waals surface area contributed by atoms with Crippen LogP contribution >= 0.6 is 0 Å². The van der Waals surface area contributed by atoms with Gasteiger partial charge in [0.2, 0.25) is 0 Å². The Labute approximate surface area is 169 Å². The molecule has 7 nitrogen and oxygen atoms in total. The normalized spacial score (nSPS) is 19.5. The lowest BCUT2D eigenvalue weighted by Gasteiger charge is -2.35. The molecule has 1 aliphatic carbocycles. The van der Waals surface area contributed by atoms with Crippen LogP contribution in [0.4, 0.5) is 21.9 Å². The lowest BCUT2D eigenvalue weighted by molar-refractivity contribution is 0.240. The summed E-state index contributed by atoms with van der Waals surface area (Å²) in [5, 5.41) is 6.36. The highest BCUT2D eigenvalue weighted by molar-refractivity contribution is 5.94. The average Bonchev–Trinajstić information content (AvgIpc) is 3.45. The number of hydrogen-bond donors (Lipinski definition) is 2. The first-order valence-corrected chi connectivity index (χ1v) is 10.5. The van der Waals surface area contributed by atoms with Crippen LogP contribution in [-0.4, -0.2) is 37.7 Å². The Morgan fingerprint density at radius 1 is 1.00 bits per heavy atom. The molecule has 2 aliphatic heterocycles. The quantitative estimate of drug-likeness (QED) is 0.775. The Kier molecular flexibility index (Phi) is 4.33. The molecule has 0 atom stereocenters. The van der Waals surface area contributed by atoms with Crippen molar-refractivity contribution >= 4 is 23.1 Å². The molecule has 3 aliphatic rings. The minimum atomic E-state index is -0.384. The molecule has 2 aromatic carbocycles. The molecule has 0 bridgehead atoms. The number of amides is 2. The molecule has 0 aromatic heterocycles. The van der Waals surface area contributed by atoms with Crippen LogP contribution in [0, 0.1) is 6.92 Å². The highest BCUT2D eigenvalue weighted by Gasteiger charge is 2.33. The smallest absolute Gasteiger partial charge is 0.322 e. The summed E-state index contributed by atoms with van der Waals surface area (Å²) in [5.74, 6) is 0. The summed E-state index contributed by atoms with van der Waals surface area (Å²) in [6, 6.07) is 6.61. The van der Waals surface area contributed by atoms with E-state index in [4.69, 9.17) is 0 Å². The molecule has 5 rings (SSSR count). The van der Waals surface area contributed by atoms with E-state index < -0.39 is 0 Å². The van der Waals surface area contributed by atoms with Gasteiger partial charge >= 0.3 is 6.03 Å². The standard InChI is InChI=1S/C22H26N4O3/c1-13-2-5-17-14(12-13)6-11-26(17)22(29)24-16-7-9-25(10-8-16)19-18(20(27)21(19)28)23-15-3-4-15/h2,5,12,15-16,23H,3-4,6-11H2,1H3,(H,24,29). The molecule has 1 saturated heterocycles. The third-order valence-electron chi connectivity index (χ3n) is 6.33. The van der Waals surface area contributed by atoms with Crippen LogP contribution in [0.3, 0.4) is 0 Å². The van der Waals surface area contributed by atoms with Gasteiger partial charge in [0.15, 0.2) is 0 Å². The number of anilines is 3. The van der Waals surface area contributed by atoms with Crippen LogP contribution in [0.5, 0.6) is 0 Å². The summed E-state index contributed by atoms with van der Waals surface area (Å²) in [6.45, 7) is 4.12. The molecule has 0 unspecified atom stereocenters. The summed E-state index contributed by atoms with van der Waals surface area (Å²) < 4.78 is 0. The number of piperidine rings is 1. The van der Waals surface area contributed by atoms with Gasteiger partial charge in [-0.05, 0) is 50.7 Å². The van der Waals surface area contributed by atoms with Gasteiger partial charge in [-0.2, -0.15) is 0 Å². The van der Waals surface area contributed by atoms with Crippen LogP contribution in [0.1, 0.15) is 36.8 Å². The molecule has 0 spiro atoms.